The van der Waals surface area contributed by atoms with Gasteiger partial charge in [0.05, 0.1) is 18.8 Å². The minimum Gasteiger partial charge on any atom is -0.394 e. The fourth-order valence-corrected chi connectivity index (χ4v) is 2.36. The normalized spacial score (nSPS) is 25.0. The number of carbonyl (C=O) groups is 1. The summed E-state index contributed by atoms with van der Waals surface area (Å²) in [5.74, 6) is -0.685. The Kier molecular flexibility index (Phi) is 5.54. The van der Waals surface area contributed by atoms with Gasteiger partial charge >= 0.3 is 5.69 Å². The van der Waals surface area contributed by atoms with Gasteiger partial charge < -0.3 is 26.0 Å². The van der Waals surface area contributed by atoms with Crippen LogP contribution in [0.25, 0.3) is 0 Å². The van der Waals surface area contributed by atoms with Crippen molar-refractivity contribution in [2.45, 2.75) is 44.7 Å². The lowest BCUT2D eigenvalue weighted by Gasteiger charge is -2.17. The molecule has 4 atom stereocenters. The van der Waals surface area contributed by atoms with E-state index in [1.807, 2.05) is 0 Å². The summed E-state index contributed by atoms with van der Waals surface area (Å²) >= 11 is 0. The van der Waals surface area contributed by atoms with Gasteiger partial charge in [-0.25, -0.2) is 4.79 Å². The molecule has 1 aromatic rings. The largest absolute Gasteiger partial charge is 0.394 e. The van der Waals surface area contributed by atoms with Crippen LogP contribution >= 0.6 is 0 Å². The van der Waals surface area contributed by atoms with Crippen molar-refractivity contribution in [2.75, 3.05) is 11.9 Å². The van der Waals surface area contributed by atoms with Crippen LogP contribution in [0.1, 0.15) is 26.5 Å². The predicted octanol–water partition coefficient (Wildman–Crippen LogP) is -1.90. The maximum Gasteiger partial charge on any atom is 0.330 e. The number of H-pyrrole nitrogens is 1. The molecule has 2 rings (SSSR count). The summed E-state index contributed by atoms with van der Waals surface area (Å²) in [6.45, 7) is 3.12. The number of ether oxygens (including phenoxy) is 1. The van der Waals surface area contributed by atoms with Gasteiger partial charge in [0.25, 0.3) is 5.56 Å². The summed E-state index contributed by atoms with van der Waals surface area (Å²) < 4.78 is 6.43. The lowest BCUT2D eigenvalue weighted by molar-refractivity contribution is -0.118. The first-order valence-corrected chi connectivity index (χ1v) is 7.61. The number of rotatable bonds is 5. The molecule has 1 amide bonds. The first-order chi connectivity index (χ1) is 11.2. The highest BCUT2D eigenvalue weighted by atomic mass is 16.5. The van der Waals surface area contributed by atoms with Crippen molar-refractivity contribution < 1.29 is 19.7 Å². The second-order valence-electron chi connectivity index (χ2n) is 6.08. The minimum atomic E-state index is -0.939. The number of aliphatic hydroxyl groups is 2. The topological polar surface area (TPSA) is 160 Å². The minimum absolute atomic E-state index is 0.0655. The molecule has 1 fully saturated rings. The monoisotopic (exact) mass is 342 g/mol. The highest BCUT2D eigenvalue weighted by molar-refractivity contribution is 5.94. The van der Waals surface area contributed by atoms with E-state index in [-0.39, 0.29) is 18.0 Å². The Balaban J connectivity index is 2.28. The van der Waals surface area contributed by atoms with Crippen molar-refractivity contribution in [3.63, 3.8) is 0 Å². The average molecular weight is 342 g/mol. The predicted molar refractivity (Wildman–Crippen MR) is 84.4 cm³/mol. The third kappa shape index (κ3) is 3.73. The van der Waals surface area contributed by atoms with Crippen LogP contribution < -0.4 is 22.3 Å². The molecule has 10 nitrogen and oxygen atoms in total. The molecule has 1 saturated heterocycles. The number of anilines is 1. The van der Waals surface area contributed by atoms with E-state index < -0.39 is 48.2 Å². The lowest BCUT2D eigenvalue weighted by atomic mass is 10.1. The zero-order valence-corrected chi connectivity index (χ0v) is 13.4. The van der Waals surface area contributed by atoms with Gasteiger partial charge in [0.2, 0.25) is 5.91 Å². The zero-order chi connectivity index (χ0) is 18.0. The summed E-state index contributed by atoms with van der Waals surface area (Å²) in [7, 11) is 0. The lowest BCUT2D eigenvalue weighted by Crippen LogP contribution is -2.42. The van der Waals surface area contributed by atoms with E-state index in [0.717, 1.165) is 10.8 Å². The molecule has 1 aromatic heterocycles. The van der Waals surface area contributed by atoms with E-state index in [9.17, 15) is 19.5 Å². The van der Waals surface area contributed by atoms with Crippen LogP contribution in [0.5, 0.6) is 0 Å². The van der Waals surface area contributed by atoms with Gasteiger partial charge in [0.15, 0.2) is 0 Å². The molecule has 10 heteroatoms. The quantitative estimate of drug-likeness (QED) is 0.418. The molecule has 0 unspecified atom stereocenters. The maximum atomic E-state index is 12.0. The molecule has 2 heterocycles. The number of aliphatic hydroxyl groups excluding tert-OH is 2. The van der Waals surface area contributed by atoms with E-state index in [1.165, 1.54) is 0 Å². The number of nitrogens with zero attached hydrogens (tertiary/aromatic N) is 1. The molecule has 1 aliphatic heterocycles. The van der Waals surface area contributed by atoms with E-state index in [4.69, 9.17) is 15.6 Å². The molecule has 1 aliphatic rings. The van der Waals surface area contributed by atoms with Crippen molar-refractivity contribution in [2.24, 2.45) is 11.7 Å². The Morgan fingerprint density at radius 2 is 2.21 bits per heavy atom. The molecular formula is C14H22N4O6. The van der Waals surface area contributed by atoms with Gasteiger partial charge in [0.1, 0.15) is 18.0 Å². The highest BCUT2D eigenvalue weighted by Gasteiger charge is 2.35. The van der Waals surface area contributed by atoms with Gasteiger partial charge in [-0.15, -0.1) is 0 Å². The third-order valence-electron chi connectivity index (χ3n) is 3.94. The number of amides is 1. The van der Waals surface area contributed by atoms with Gasteiger partial charge in [-0.1, -0.05) is 13.8 Å². The molecule has 134 valence electrons. The van der Waals surface area contributed by atoms with E-state index >= 15 is 0 Å². The summed E-state index contributed by atoms with van der Waals surface area (Å²) in [4.78, 5) is 37.9. The molecule has 0 spiro atoms. The molecule has 0 aliphatic carbocycles. The van der Waals surface area contributed by atoms with Crippen molar-refractivity contribution >= 4 is 11.6 Å². The Hall–Kier alpha value is -2.01. The number of aromatic nitrogens is 2. The molecule has 24 heavy (non-hydrogen) atoms. The summed E-state index contributed by atoms with van der Waals surface area (Å²) in [6.07, 6.45) is -1.41. The SMILES string of the molecule is CC(C)[C@H](N)C(=O)Nc1cn([C@H]2C[C@H](O)[C@@H](CO)O2)c(=O)[nH]c1=O. The first-order valence-electron chi connectivity index (χ1n) is 7.61. The van der Waals surface area contributed by atoms with Crippen LogP contribution in [0, 0.1) is 5.92 Å². The molecule has 6 N–H and O–H groups in total. The smallest absolute Gasteiger partial charge is 0.330 e. The average Bonchev–Trinajstić information content (AvgIpc) is 2.89. The fourth-order valence-electron chi connectivity index (χ4n) is 2.36. The Bertz CT molecular complexity index is 712. The van der Waals surface area contributed by atoms with E-state index in [2.05, 4.69) is 10.3 Å². The van der Waals surface area contributed by atoms with Crippen LogP contribution in [0.2, 0.25) is 0 Å². The first kappa shape index (κ1) is 18.3. The molecule has 0 saturated carbocycles. The van der Waals surface area contributed by atoms with Crippen molar-refractivity contribution in [1.82, 2.24) is 9.55 Å². The number of hydrogen-bond donors (Lipinski definition) is 5. The van der Waals surface area contributed by atoms with Crippen LogP contribution in [-0.4, -0.2) is 50.5 Å². The van der Waals surface area contributed by atoms with Gasteiger partial charge in [0, 0.05) is 12.6 Å². The highest BCUT2D eigenvalue weighted by Crippen LogP contribution is 2.27. The summed E-state index contributed by atoms with van der Waals surface area (Å²) in [5.41, 5.74) is 4.06. The van der Waals surface area contributed by atoms with Gasteiger partial charge in [-0.3, -0.25) is 19.1 Å². The van der Waals surface area contributed by atoms with E-state index in [1.54, 1.807) is 13.8 Å². The van der Waals surface area contributed by atoms with Crippen LogP contribution in [0.4, 0.5) is 5.69 Å². The van der Waals surface area contributed by atoms with Crippen molar-refractivity contribution in [3.05, 3.63) is 27.0 Å². The number of nitrogens with one attached hydrogen (secondary N) is 2. The Morgan fingerprint density at radius 3 is 2.75 bits per heavy atom. The molecule has 0 radical (unpaired) electrons. The van der Waals surface area contributed by atoms with Crippen molar-refractivity contribution in [1.29, 1.82) is 0 Å². The second kappa shape index (κ2) is 7.26. The third-order valence-corrected chi connectivity index (χ3v) is 3.94. The zero-order valence-electron chi connectivity index (χ0n) is 13.4. The van der Waals surface area contributed by atoms with Crippen molar-refractivity contribution in [3.8, 4) is 0 Å². The standard InChI is InChI=1S/C14H22N4O6/c1-6(2)11(15)13(22)16-7-4-18(14(23)17-12(7)21)10-3-8(20)9(5-19)24-10/h4,6,8-11,19-20H,3,5,15H2,1-2H3,(H,16,22)(H,17,21,23)/t8-,9+,10+,11-/m0/s1. The number of nitrogens with two attached hydrogens (primary N) is 1. The van der Waals surface area contributed by atoms with Crippen LogP contribution in [0.15, 0.2) is 15.8 Å². The summed E-state index contributed by atoms with van der Waals surface area (Å²) in [5, 5.41) is 21.2. The second-order valence-corrected chi connectivity index (χ2v) is 6.08. The number of carbonyl (C=O) groups excluding carboxylic acids is 1. The summed E-state index contributed by atoms with van der Waals surface area (Å²) in [6, 6.07) is -0.812. The molecule has 0 bridgehead atoms. The van der Waals surface area contributed by atoms with E-state index in [0.29, 0.717) is 0 Å². The van der Waals surface area contributed by atoms with Gasteiger partial charge in [-0.05, 0) is 5.92 Å². The fraction of sp³-hybridized carbons (Fsp3) is 0.643. The molecular weight excluding hydrogens is 320 g/mol. The Labute approximate surface area is 137 Å². The molecule has 0 aromatic carbocycles. The van der Waals surface area contributed by atoms with Crippen LogP contribution in [0.3, 0.4) is 0 Å². The van der Waals surface area contributed by atoms with Gasteiger partial charge in [-0.2, -0.15) is 0 Å². The number of hydrogen-bond acceptors (Lipinski definition) is 7. The van der Waals surface area contributed by atoms with Crippen LogP contribution in [-0.2, 0) is 9.53 Å². The maximum absolute atomic E-state index is 12.0. The number of aromatic amines is 1. The Morgan fingerprint density at radius 1 is 1.54 bits per heavy atom.